The summed E-state index contributed by atoms with van der Waals surface area (Å²) >= 11 is 0. The molecular weight excluding hydrogens is 242 g/mol. The SMILES string of the molecule is CCN(CCN(C)C)C(=O)c1noc2c1CCCC2. The molecule has 0 atom stereocenters. The monoisotopic (exact) mass is 265 g/mol. The second-order valence-electron chi connectivity index (χ2n) is 5.33. The molecular formula is C14H23N3O2. The lowest BCUT2D eigenvalue weighted by Gasteiger charge is -2.22. The van der Waals surface area contributed by atoms with Crippen LogP contribution in [0.5, 0.6) is 0 Å². The number of nitrogens with zero attached hydrogens (tertiary/aromatic N) is 3. The Kier molecular flexibility index (Phi) is 4.58. The van der Waals surface area contributed by atoms with Gasteiger partial charge in [-0.15, -0.1) is 0 Å². The second-order valence-corrected chi connectivity index (χ2v) is 5.33. The van der Waals surface area contributed by atoms with Crippen LogP contribution < -0.4 is 0 Å². The fourth-order valence-electron chi connectivity index (χ4n) is 2.43. The molecule has 0 aromatic carbocycles. The summed E-state index contributed by atoms with van der Waals surface area (Å²) in [5.41, 5.74) is 1.58. The first-order valence-corrected chi connectivity index (χ1v) is 7.05. The molecule has 0 unspecified atom stereocenters. The topological polar surface area (TPSA) is 49.6 Å². The number of aryl methyl sites for hydroxylation is 1. The van der Waals surface area contributed by atoms with E-state index in [1.165, 1.54) is 0 Å². The number of amides is 1. The number of carbonyl (C=O) groups is 1. The molecule has 1 heterocycles. The van der Waals surface area contributed by atoms with Gasteiger partial charge in [0.1, 0.15) is 5.76 Å². The lowest BCUT2D eigenvalue weighted by atomic mass is 9.96. The van der Waals surface area contributed by atoms with Crippen LogP contribution in [0.1, 0.15) is 41.6 Å². The maximum Gasteiger partial charge on any atom is 0.276 e. The minimum Gasteiger partial charge on any atom is -0.360 e. The van der Waals surface area contributed by atoms with Crippen LogP contribution in [0.2, 0.25) is 0 Å². The Labute approximate surface area is 114 Å². The van der Waals surface area contributed by atoms with Gasteiger partial charge in [0.25, 0.3) is 5.91 Å². The van der Waals surface area contributed by atoms with E-state index in [0.717, 1.165) is 50.1 Å². The van der Waals surface area contributed by atoms with E-state index in [1.807, 2.05) is 25.9 Å². The van der Waals surface area contributed by atoms with Crippen LogP contribution in [-0.2, 0) is 12.8 Å². The van der Waals surface area contributed by atoms with Crippen LogP contribution in [0.4, 0.5) is 0 Å². The first-order valence-electron chi connectivity index (χ1n) is 7.05. The van der Waals surface area contributed by atoms with E-state index in [-0.39, 0.29) is 5.91 Å². The van der Waals surface area contributed by atoms with Crippen LogP contribution in [-0.4, -0.2) is 54.6 Å². The van der Waals surface area contributed by atoms with Crippen molar-refractivity contribution in [1.29, 1.82) is 0 Å². The number of hydrogen-bond acceptors (Lipinski definition) is 4. The van der Waals surface area contributed by atoms with Gasteiger partial charge in [-0.3, -0.25) is 4.79 Å². The van der Waals surface area contributed by atoms with Crippen molar-refractivity contribution in [1.82, 2.24) is 15.0 Å². The average molecular weight is 265 g/mol. The van der Waals surface area contributed by atoms with E-state index >= 15 is 0 Å². The normalized spacial score (nSPS) is 14.5. The van der Waals surface area contributed by atoms with E-state index in [0.29, 0.717) is 12.2 Å². The number of fused-ring (bicyclic) bond motifs is 1. The molecule has 0 radical (unpaired) electrons. The highest BCUT2D eigenvalue weighted by Crippen LogP contribution is 2.24. The molecule has 1 aromatic rings. The van der Waals surface area contributed by atoms with Gasteiger partial charge < -0.3 is 14.3 Å². The van der Waals surface area contributed by atoms with E-state index in [9.17, 15) is 4.79 Å². The lowest BCUT2D eigenvalue weighted by Crippen LogP contribution is -2.37. The smallest absolute Gasteiger partial charge is 0.276 e. The molecule has 0 N–H and O–H groups in total. The van der Waals surface area contributed by atoms with Crippen LogP contribution >= 0.6 is 0 Å². The lowest BCUT2D eigenvalue weighted by molar-refractivity contribution is 0.0743. The molecule has 1 amide bonds. The van der Waals surface area contributed by atoms with Gasteiger partial charge in [-0.25, -0.2) is 0 Å². The average Bonchev–Trinajstić information content (AvgIpc) is 2.82. The van der Waals surface area contributed by atoms with Gasteiger partial charge in [-0.1, -0.05) is 5.16 Å². The Morgan fingerprint density at radius 1 is 1.26 bits per heavy atom. The Hall–Kier alpha value is -1.36. The number of likely N-dealkylation sites (N-methyl/N-ethyl adjacent to an activating group) is 2. The van der Waals surface area contributed by atoms with Gasteiger partial charge >= 0.3 is 0 Å². The molecule has 0 saturated carbocycles. The zero-order valence-corrected chi connectivity index (χ0v) is 12.1. The standard InChI is InChI=1S/C14H23N3O2/c1-4-17(10-9-16(2)3)14(18)13-11-7-5-6-8-12(11)19-15-13/h4-10H2,1-3H3. The van der Waals surface area contributed by atoms with Gasteiger partial charge in [0.05, 0.1) is 0 Å². The molecule has 0 saturated heterocycles. The number of rotatable bonds is 5. The number of aromatic nitrogens is 1. The molecule has 1 aromatic heterocycles. The highest BCUT2D eigenvalue weighted by Gasteiger charge is 2.26. The number of hydrogen-bond donors (Lipinski definition) is 0. The summed E-state index contributed by atoms with van der Waals surface area (Å²) in [5.74, 6) is 0.925. The molecule has 0 fully saturated rings. The Morgan fingerprint density at radius 3 is 2.68 bits per heavy atom. The van der Waals surface area contributed by atoms with Crippen molar-refractivity contribution in [3.05, 3.63) is 17.0 Å². The molecule has 5 heteroatoms. The molecule has 0 aliphatic heterocycles. The van der Waals surface area contributed by atoms with E-state index in [4.69, 9.17) is 4.52 Å². The Morgan fingerprint density at radius 2 is 2.00 bits per heavy atom. The minimum atomic E-state index is 0.0104. The molecule has 0 spiro atoms. The predicted octanol–water partition coefficient (Wildman–Crippen LogP) is 1.58. The fourth-order valence-corrected chi connectivity index (χ4v) is 2.43. The summed E-state index contributed by atoms with van der Waals surface area (Å²) in [6, 6.07) is 0. The van der Waals surface area contributed by atoms with E-state index in [1.54, 1.807) is 0 Å². The van der Waals surface area contributed by atoms with Crippen molar-refractivity contribution in [2.24, 2.45) is 0 Å². The summed E-state index contributed by atoms with van der Waals surface area (Å²) in [6.45, 7) is 4.29. The number of carbonyl (C=O) groups excluding carboxylic acids is 1. The molecule has 106 valence electrons. The second kappa shape index (κ2) is 6.19. The van der Waals surface area contributed by atoms with Gasteiger partial charge in [0.15, 0.2) is 5.69 Å². The van der Waals surface area contributed by atoms with Crippen molar-refractivity contribution in [3.63, 3.8) is 0 Å². The van der Waals surface area contributed by atoms with Gasteiger partial charge in [0.2, 0.25) is 0 Å². The molecule has 5 nitrogen and oxygen atoms in total. The van der Waals surface area contributed by atoms with E-state index in [2.05, 4.69) is 10.1 Å². The summed E-state index contributed by atoms with van der Waals surface area (Å²) in [5, 5.41) is 4.01. The third kappa shape index (κ3) is 3.15. The molecule has 1 aliphatic carbocycles. The summed E-state index contributed by atoms with van der Waals surface area (Å²) in [6.07, 6.45) is 4.09. The van der Waals surface area contributed by atoms with Crippen LogP contribution in [0.25, 0.3) is 0 Å². The van der Waals surface area contributed by atoms with Crippen LogP contribution in [0.3, 0.4) is 0 Å². The van der Waals surface area contributed by atoms with Crippen molar-refractivity contribution in [2.45, 2.75) is 32.6 Å². The van der Waals surface area contributed by atoms with Crippen LogP contribution in [0, 0.1) is 0 Å². The first kappa shape index (κ1) is 14.1. The van der Waals surface area contributed by atoms with Crippen molar-refractivity contribution < 1.29 is 9.32 Å². The molecule has 1 aliphatic rings. The predicted molar refractivity (Wildman–Crippen MR) is 73.3 cm³/mol. The molecule has 0 bridgehead atoms. The molecule has 19 heavy (non-hydrogen) atoms. The van der Waals surface area contributed by atoms with Crippen molar-refractivity contribution in [3.8, 4) is 0 Å². The maximum absolute atomic E-state index is 12.5. The highest BCUT2D eigenvalue weighted by molar-refractivity contribution is 5.93. The van der Waals surface area contributed by atoms with Gasteiger partial charge in [-0.2, -0.15) is 0 Å². The summed E-state index contributed by atoms with van der Waals surface area (Å²) in [4.78, 5) is 16.4. The fraction of sp³-hybridized carbons (Fsp3) is 0.714. The Balaban J connectivity index is 2.11. The maximum atomic E-state index is 12.5. The summed E-state index contributed by atoms with van der Waals surface area (Å²) < 4.78 is 5.32. The van der Waals surface area contributed by atoms with Crippen molar-refractivity contribution >= 4 is 5.91 Å². The minimum absolute atomic E-state index is 0.0104. The highest BCUT2D eigenvalue weighted by atomic mass is 16.5. The van der Waals surface area contributed by atoms with Crippen molar-refractivity contribution in [2.75, 3.05) is 33.7 Å². The quantitative estimate of drug-likeness (QED) is 0.811. The Bertz CT molecular complexity index is 440. The zero-order valence-electron chi connectivity index (χ0n) is 12.1. The van der Waals surface area contributed by atoms with Gasteiger partial charge in [-0.05, 0) is 40.3 Å². The zero-order chi connectivity index (χ0) is 13.8. The third-order valence-electron chi connectivity index (χ3n) is 3.64. The van der Waals surface area contributed by atoms with Gasteiger partial charge in [0, 0.05) is 31.6 Å². The largest absolute Gasteiger partial charge is 0.360 e. The first-order chi connectivity index (χ1) is 9.13. The van der Waals surface area contributed by atoms with Crippen LogP contribution in [0.15, 0.2) is 4.52 Å². The summed E-state index contributed by atoms with van der Waals surface area (Å²) in [7, 11) is 4.02. The van der Waals surface area contributed by atoms with E-state index < -0.39 is 0 Å². The molecule has 2 rings (SSSR count). The third-order valence-corrected chi connectivity index (χ3v) is 3.64.